The van der Waals surface area contributed by atoms with Crippen molar-refractivity contribution < 1.29 is 0 Å². The van der Waals surface area contributed by atoms with Crippen molar-refractivity contribution in [1.82, 2.24) is 20.3 Å². The minimum absolute atomic E-state index is 0.833. The van der Waals surface area contributed by atoms with Crippen LogP contribution in [0.3, 0.4) is 0 Å². The molecule has 0 unspecified atom stereocenters. The lowest BCUT2D eigenvalue weighted by atomic mass is 10.1. The molecular weight excluding hydrogens is 202 g/mol. The molecule has 0 aliphatic carbocycles. The van der Waals surface area contributed by atoms with Crippen LogP contribution in [0.1, 0.15) is 11.3 Å². The van der Waals surface area contributed by atoms with E-state index in [-0.39, 0.29) is 0 Å². The quantitative estimate of drug-likeness (QED) is 0.704. The van der Waals surface area contributed by atoms with E-state index < -0.39 is 0 Å². The van der Waals surface area contributed by atoms with Gasteiger partial charge in [-0.15, -0.1) is 0 Å². The molecule has 5 heteroatoms. The Morgan fingerprint density at radius 3 is 3.19 bits per heavy atom. The Morgan fingerprint density at radius 1 is 1.31 bits per heavy atom. The maximum absolute atomic E-state index is 4.31. The first-order valence-corrected chi connectivity index (χ1v) is 5.37. The third-order valence-electron chi connectivity index (χ3n) is 2.73. The van der Waals surface area contributed by atoms with Gasteiger partial charge in [0, 0.05) is 31.3 Å². The second kappa shape index (κ2) is 3.94. The lowest BCUT2D eigenvalue weighted by Crippen LogP contribution is -2.25. The molecule has 5 nitrogen and oxygen atoms in total. The molecule has 0 atom stereocenters. The van der Waals surface area contributed by atoms with Crippen molar-refractivity contribution in [2.75, 3.05) is 11.9 Å². The van der Waals surface area contributed by atoms with Gasteiger partial charge in [0.05, 0.1) is 5.69 Å². The fraction of sp³-hybridized carbons (Fsp3) is 0.273. The highest BCUT2D eigenvalue weighted by Gasteiger charge is 2.14. The van der Waals surface area contributed by atoms with Crippen LogP contribution in [0.4, 0.5) is 11.6 Å². The first-order chi connectivity index (χ1) is 7.93. The van der Waals surface area contributed by atoms with Gasteiger partial charge in [0.1, 0.15) is 18.0 Å². The van der Waals surface area contributed by atoms with E-state index in [9.17, 15) is 0 Å². The van der Waals surface area contributed by atoms with Gasteiger partial charge in [-0.1, -0.05) is 0 Å². The summed E-state index contributed by atoms with van der Waals surface area (Å²) in [5, 5.41) is 6.60. The van der Waals surface area contributed by atoms with E-state index in [1.807, 2.05) is 18.3 Å². The van der Waals surface area contributed by atoms with Gasteiger partial charge in [0.25, 0.3) is 0 Å². The topological polar surface area (TPSA) is 65.6 Å². The van der Waals surface area contributed by atoms with Crippen molar-refractivity contribution in [3.63, 3.8) is 0 Å². The van der Waals surface area contributed by atoms with Crippen molar-refractivity contribution in [3.05, 3.63) is 35.9 Å². The Labute approximate surface area is 93.3 Å². The Bertz CT molecular complexity index is 477. The van der Waals surface area contributed by atoms with E-state index in [0.29, 0.717) is 0 Å². The largest absolute Gasteiger partial charge is 0.348 e. The number of hydrogen-bond donors (Lipinski definition) is 3. The number of aromatic amines is 1. The minimum atomic E-state index is 0.833. The van der Waals surface area contributed by atoms with Gasteiger partial charge in [-0.25, -0.2) is 9.97 Å². The Kier molecular flexibility index (Phi) is 2.30. The summed E-state index contributed by atoms with van der Waals surface area (Å²) in [6.07, 6.45) is 4.47. The molecule has 1 aliphatic heterocycles. The van der Waals surface area contributed by atoms with Gasteiger partial charge in [-0.2, -0.15) is 0 Å². The maximum Gasteiger partial charge on any atom is 0.139 e. The normalized spacial score (nSPS) is 14.5. The van der Waals surface area contributed by atoms with Gasteiger partial charge in [-0.05, 0) is 12.1 Å². The fourth-order valence-corrected chi connectivity index (χ4v) is 1.91. The lowest BCUT2D eigenvalue weighted by molar-refractivity contribution is 0.627. The van der Waals surface area contributed by atoms with Crippen molar-refractivity contribution in [2.45, 2.75) is 13.0 Å². The zero-order valence-electron chi connectivity index (χ0n) is 8.83. The van der Waals surface area contributed by atoms with Crippen LogP contribution in [0.5, 0.6) is 0 Å². The van der Waals surface area contributed by atoms with Crippen LogP contribution in [-0.4, -0.2) is 21.5 Å². The second-order valence-electron chi connectivity index (χ2n) is 3.78. The van der Waals surface area contributed by atoms with E-state index in [1.54, 1.807) is 6.33 Å². The van der Waals surface area contributed by atoms with Crippen LogP contribution in [0, 0.1) is 0 Å². The van der Waals surface area contributed by atoms with Gasteiger partial charge in [0.2, 0.25) is 0 Å². The molecule has 0 spiro atoms. The highest BCUT2D eigenvalue weighted by molar-refractivity contribution is 5.57. The molecule has 2 aromatic rings. The van der Waals surface area contributed by atoms with Crippen molar-refractivity contribution in [3.8, 4) is 0 Å². The highest BCUT2D eigenvalue weighted by Crippen LogP contribution is 2.21. The average Bonchev–Trinajstić information content (AvgIpc) is 2.82. The average molecular weight is 215 g/mol. The van der Waals surface area contributed by atoms with E-state index >= 15 is 0 Å². The van der Waals surface area contributed by atoms with Crippen LogP contribution in [0.2, 0.25) is 0 Å². The van der Waals surface area contributed by atoms with Gasteiger partial charge in [-0.3, -0.25) is 0 Å². The molecule has 0 bridgehead atoms. The lowest BCUT2D eigenvalue weighted by Gasteiger charge is -2.18. The number of nitrogens with zero attached hydrogens (tertiary/aromatic N) is 2. The van der Waals surface area contributed by atoms with Crippen molar-refractivity contribution in [2.24, 2.45) is 0 Å². The van der Waals surface area contributed by atoms with Crippen molar-refractivity contribution >= 4 is 11.6 Å². The monoisotopic (exact) mass is 215 g/mol. The van der Waals surface area contributed by atoms with E-state index in [2.05, 4.69) is 25.6 Å². The van der Waals surface area contributed by atoms with Crippen molar-refractivity contribution in [1.29, 1.82) is 0 Å². The van der Waals surface area contributed by atoms with Gasteiger partial charge < -0.3 is 15.6 Å². The summed E-state index contributed by atoms with van der Waals surface area (Å²) < 4.78 is 0. The van der Waals surface area contributed by atoms with Crippen LogP contribution < -0.4 is 10.6 Å². The first-order valence-electron chi connectivity index (χ1n) is 5.37. The van der Waals surface area contributed by atoms with Crippen LogP contribution in [0.25, 0.3) is 0 Å². The first kappa shape index (κ1) is 9.35. The predicted molar refractivity (Wildman–Crippen MR) is 61.5 cm³/mol. The summed E-state index contributed by atoms with van der Waals surface area (Å²) in [6.45, 7) is 1.82. The molecule has 0 radical (unpaired) electrons. The summed E-state index contributed by atoms with van der Waals surface area (Å²) in [5.74, 6) is 1.84. The number of anilines is 2. The predicted octanol–water partition coefficient (Wildman–Crippen LogP) is 1.19. The molecule has 0 fully saturated rings. The zero-order valence-corrected chi connectivity index (χ0v) is 8.83. The molecule has 3 N–H and O–H groups in total. The van der Waals surface area contributed by atoms with E-state index in [1.165, 1.54) is 5.56 Å². The number of fused-ring (bicyclic) bond motifs is 1. The number of aromatic nitrogens is 3. The minimum Gasteiger partial charge on any atom is -0.348 e. The summed E-state index contributed by atoms with van der Waals surface area (Å²) in [5.41, 5.74) is 2.31. The van der Waals surface area contributed by atoms with Crippen LogP contribution >= 0.6 is 0 Å². The molecule has 0 amide bonds. The molecule has 0 saturated carbocycles. The number of nitrogens with one attached hydrogen (secondary N) is 3. The molecule has 3 heterocycles. The Hall–Kier alpha value is -1.88. The molecule has 0 saturated heterocycles. The standard InChI is InChI=1S/C11H13N5/c1-2-10(13-4-1)16-11-8-6-12-5-3-9(8)14-7-15-11/h1-2,4,7,12-13H,3,5-6H2,(H,14,15,16). The fourth-order valence-electron chi connectivity index (χ4n) is 1.91. The summed E-state index contributed by atoms with van der Waals surface area (Å²) in [4.78, 5) is 11.7. The summed E-state index contributed by atoms with van der Waals surface area (Å²) >= 11 is 0. The molecule has 3 rings (SSSR count). The smallest absolute Gasteiger partial charge is 0.139 e. The molecule has 16 heavy (non-hydrogen) atoms. The van der Waals surface area contributed by atoms with E-state index in [0.717, 1.165) is 36.8 Å². The van der Waals surface area contributed by atoms with Crippen LogP contribution in [0.15, 0.2) is 24.7 Å². The molecule has 82 valence electrons. The second-order valence-corrected chi connectivity index (χ2v) is 3.78. The summed E-state index contributed by atoms with van der Waals surface area (Å²) in [6, 6.07) is 3.93. The molecule has 2 aromatic heterocycles. The molecular formula is C11H13N5. The van der Waals surface area contributed by atoms with Crippen LogP contribution in [-0.2, 0) is 13.0 Å². The molecule has 1 aliphatic rings. The third-order valence-corrected chi connectivity index (χ3v) is 2.73. The Balaban J connectivity index is 1.94. The van der Waals surface area contributed by atoms with Gasteiger partial charge in [0.15, 0.2) is 0 Å². The van der Waals surface area contributed by atoms with Gasteiger partial charge >= 0.3 is 0 Å². The number of rotatable bonds is 2. The molecule has 0 aromatic carbocycles. The summed E-state index contributed by atoms with van der Waals surface area (Å²) in [7, 11) is 0. The number of H-pyrrole nitrogens is 1. The number of hydrogen-bond acceptors (Lipinski definition) is 4. The third kappa shape index (κ3) is 1.65. The SMILES string of the molecule is c1c[nH]c(Nc2ncnc3c2CNCC3)c1. The Morgan fingerprint density at radius 2 is 2.31 bits per heavy atom. The highest BCUT2D eigenvalue weighted by atomic mass is 15.1. The maximum atomic E-state index is 4.31. The zero-order chi connectivity index (χ0) is 10.8. The van der Waals surface area contributed by atoms with E-state index in [4.69, 9.17) is 0 Å².